The molecule has 0 fully saturated rings. The maximum atomic E-state index is 12.6. The van der Waals surface area contributed by atoms with E-state index in [2.05, 4.69) is 10.5 Å². The van der Waals surface area contributed by atoms with E-state index < -0.39 is 0 Å². The molecular formula is C25H18Cl2N2O2. The number of carbonyl (C=O) groups excluding carboxylic acids is 1. The summed E-state index contributed by atoms with van der Waals surface area (Å²) in [5.41, 5.74) is 4.72. The normalized spacial score (nSPS) is 11.0. The van der Waals surface area contributed by atoms with Crippen molar-refractivity contribution in [3.63, 3.8) is 0 Å². The lowest BCUT2D eigenvalue weighted by molar-refractivity contribution is 0.0957. The predicted molar refractivity (Wildman–Crippen MR) is 126 cm³/mol. The molecule has 31 heavy (non-hydrogen) atoms. The summed E-state index contributed by atoms with van der Waals surface area (Å²) < 4.78 is 5.91. The van der Waals surface area contributed by atoms with E-state index in [-0.39, 0.29) is 5.91 Å². The van der Waals surface area contributed by atoms with Crippen molar-refractivity contribution < 1.29 is 9.53 Å². The Hall–Kier alpha value is -3.34. The van der Waals surface area contributed by atoms with Gasteiger partial charge in [-0.25, -0.2) is 5.43 Å². The van der Waals surface area contributed by atoms with Crippen LogP contribution in [0.2, 0.25) is 10.0 Å². The molecule has 6 heteroatoms. The first-order valence-electron chi connectivity index (χ1n) is 9.58. The Kier molecular flexibility index (Phi) is 6.51. The van der Waals surface area contributed by atoms with E-state index in [0.717, 1.165) is 16.3 Å². The summed E-state index contributed by atoms with van der Waals surface area (Å²) in [5.74, 6) is 0.295. The smallest absolute Gasteiger partial charge is 0.271 e. The molecule has 0 aliphatic heterocycles. The SMILES string of the molecule is O=C(N/N=C/c1cc(Cl)ccc1OCc1cccc(Cl)c1)c1cccc2ccccc12. The second-order valence-corrected chi connectivity index (χ2v) is 7.70. The largest absolute Gasteiger partial charge is 0.488 e. The Morgan fingerprint density at radius 3 is 2.55 bits per heavy atom. The van der Waals surface area contributed by atoms with Gasteiger partial charge in [-0.15, -0.1) is 0 Å². The van der Waals surface area contributed by atoms with Crippen molar-refractivity contribution >= 4 is 46.1 Å². The summed E-state index contributed by atoms with van der Waals surface area (Å²) in [6.07, 6.45) is 1.52. The molecule has 4 aromatic rings. The first-order valence-corrected chi connectivity index (χ1v) is 10.3. The number of ether oxygens (including phenoxy) is 1. The molecule has 4 rings (SSSR count). The van der Waals surface area contributed by atoms with Crippen LogP contribution < -0.4 is 10.2 Å². The van der Waals surface area contributed by atoms with Crippen molar-refractivity contribution in [2.75, 3.05) is 0 Å². The fourth-order valence-corrected chi connectivity index (χ4v) is 3.58. The Morgan fingerprint density at radius 1 is 0.903 bits per heavy atom. The third-order valence-corrected chi connectivity index (χ3v) is 5.13. The van der Waals surface area contributed by atoms with Crippen LogP contribution in [-0.4, -0.2) is 12.1 Å². The summed E-state index contributed by atoms with van der Waals surface area (Å²) in [7, 11) is 0. The molecule has 0 bridgehead atoms. The summed E-state index contributed by atoms with van der Waals surface area (Å²) in [4.78, 5) is 12.6. The van der Waals surface area contributed by atoms with Crippen LogP contribution in [0.3, 0.4) is 0 Å². The van der Waals surface area contributed by atoms with E-state index in [1.54, 1.807) is 24.3 Å². The monoisotopic (exact) mass is 448 g/mol. The highest BCUT2D eigenvalue weighted by Gasteiger charge is 2.09. The number of halogens is 2. The van der Waals surface area contributed by atoms with Gasteiger partial charge in [0.2, 0.25) is 0 Å². The van der Waals surface area contributed by atoms with Crippen molar-refractivity contribution in [3.05, 3.63) is 112 Å². The molecule has 0 spiro atoms. The highest BCUT2D eigenvalue weighted by molar-refractivity contribution is 6.31. The number of rotatable bonds is 6. The van der Waals surface area contributed by atoms with Crippen LogP contribution in [0.1, 0.15) is 21.5 Å². The minimum atomic E-state index is -0.295. The third kappa shape index (κ3) is 5.23. The van der Waals surface area contributed by atoms with Gasteiger partial charge in [0.1, 0.15) is 12.4 Å². The summed E-state index contributed by atoms with van der Waals surface area (Å²) in [6, 6.07) is 26.0. The number of nitrogens with one attached hydrogen (secondary N) is 1. The molecule has 0 unspecified atom stereocenters. The Bertz CT molecular complexity index is 1270. The van der Waals surface area contributed by atoms with Gasteiger partial charge in [-0.3, -0.25) is 4.79 Å². The average Bonchev–Trinajstić information content (AvgIpc) is 2.78. The molecule has 154 valence electrons. The number of hydrogen-bond acceptors (Lipinski definition) is 3. The van der Waals surface area contributed by atoms with E-state index in [4.69, 9.17) is 27.9 Å². The quantitative estimate of drug-likeness (QED) is 0.270. The number of amides is 1. The lowest BCUT2D eigenvalue weighted by atomic mass is 10.0. The topological polar surface area (TPSA) is 50.7 Å². The first-order chi connectivity index (χ1) is 15.1. The molecule has 0 saturated heterocycles. The maximum absolute atomic E-state index is 12.6. The first kappa shape index (κ1) is 20.9. The zero-order valence-corrected chi connectivity index (χ0v) is 17.9. The zero-order valence-electron chi connectivity index (χ0n) is 16.4. The standard InChI is InChI=1S/C25H18Cl2N2O2/c26-20-8-3-5-17(13-20)16-31-24-12-11-21(27)14-19(24)15-28-29-25(30)23-10-4-7-18-6-1-2-9-22(18)23/h1-15H,16H2,(H,29,30)/b28-15+. The molecule has 0 atom stereocenters. The minimum Gasteiger partial charge on any atom is -0.488 e. The Labute approximate surface area is 190 Å². The van der Waals surface area contributed by atoms with Crippen LogP contribution in [0.4, 0.5) is 0 Å². The number of benzene rings is 4. The van der Waals surface area contributed by atoms with E-state index in [0.29, 0.717) is 33.5 Å². The van der Waals surface area contributed by atoms with Crippen LogP contribution in [0.15, 0.2) is 90.0 Å². The van der Waals surface area contributed by atoms with Crippen LogP contribution in [0.25, 0.3) is 10.8 Å². The van der Waals surface area contributed by atoms with E-state index in [1.807, 2.05) is 60.7 Å². The van der Waals surface area contributed by atoms with Gasteiger partial charge in [0.25, 0.3) is 5.91 Å². The van der Waals surface area contributed by atoms with Crippen molar-refractivity contribution in [3.8, 4) is 5.75 Å². The van der Waals surface area contributed by atoms with Crippen molar-refractivity contribution in [2.45, 2.75) is 6.61 Å². The van der Waals surface area contributed by atoms with Crippen LogP contribution in [-0.2, 0) is 6.61 Å². The van der Waals surface area contributed by atoms with Crippen LogP contribution >= 0.6 is 23.2 Å². The van der Waals surface area contributed by atoms with Gasteiger partial charge in [-0.2, -0.15) is 5.10 Å². The van der Waals surface area contributed by atoms with Crippen LogP contribution in [0.5, 0.6) is 5.75 Å². The Balaban J connectivity index is 1.49. The van der Waals surface area contributed by atoms with Gasteiger partial charge in [0.05, 0.1) is 6.21 Å². The average molecular weight is 449 g/mol. The van der Waals surface area contributed by atoms with E-state index >= 15 is 0 Å². The highest BCUT2D eigenvalue weighted by Crippen LogP contribution is 2.23. The highest BCUT2D eigenvalue weighted by atomic mass is 35.5. The molecule has 0 aliphatic rings. The van der Waals surface area contributed by atoms with Gasteiger partial charge < -0.3 is 4.74 Å². The molecule has 4 aromatic carbocycles. The number of carbonyl (C=O) groups is 1. The zero-order chi connectivity index (χ0) is 21.6. The van der Waals surface area contributed by atoms with Crippen LogP contribution in [0, 0.1) is 0 Å². The fourth-order valence-electron chi connectivity index (χ4n) is 3.18. The maximum Gasteiger partial charge on any atom is 0.271 e. The van der Waals surface area contributed by atoms with Gasteiger partial charge >= 0.3 is 0 Å². The number of hydrogen-bond donors (Lipinski definition) is 1. The molecule has 4 nitrogen and oxygen atoms in total. The lowest BCUT2D eigenvalue weighted by Gasteiger charge is -2.10. The molecule has 0 radical (unpaired) electrons. The summed E-state index contributed by atoms with van der Waals surface area (Å²) in [6.45, 7) is 0.339. The second-order valence-electron chi connectivity index (χ2n) is 6.83. The van der Waals surface area contributed by atoms with Crippen molar-refractivity contribution in [1.29, 1.82) is 0 Å². The van der Waals surface area contributed by atoms with Crippen molar-refractivity contribution in [1.82, 2.24) is 5.43 Å². The molecule has 0 aliphatic carbocycles. The molecule has 1 N–H and O–H groups in total. The molecule has 0 heterocycles. The van der Waals surface area contributed by atoms with Gasteiger partial charge in [-0.05, 0) is 52.7 Å². The molecule has 0 aromatic heterocycles. The van der Waals surface area contributed by atoms with Crippen molar-refractivity contribution in [2.24, 2.45) is 5.10 Å². The van der Waals surface area contributed by atoms with Gasteiger partial charge in [0.15, 0.2) is 0 Å². The van der Waals surface area contributed by atoms with Gasteiger partial charge in [0, 0.05) is 21.2 Å². The molecule has 0 saturated carbocycles. The van der Waals surface area contributed by atoms with Gasteiger partial charge in [-0.1, -0.05) is 71.7 Å². The number of nitrogens with zero attached hydrogens (tertiary/aromatic N) is 1. The number of hydrazone groups is 1. The molecular weight excluding hydrogens is 431 g/mol. The summed E-state index contributed by atoms with van der Waals surface area (Å²) in [5, 5.41) is 7.16. The lowest BCUT2D eigenvalue weighted by Crippen LogP contribution is -2.18. The Morgan fingerprint density at radius 2 is 1.68 bits per heavy atom. The minimum absolute atomic E-state index is 0.295. The van der Waals surface area contributed by atoms with E-state index in [9.17, 15) is 4.79 Å². The van der Waals surface area contributed by atoms with E-state index in [1.165, 1.54) is 6.21 Å². The summed E-state index contributed by atoms with van der Waals surface area (Å²) >= 11 is 12.2. The third-order valence-electron chi connectivity index (χ3n) is 4.66. The number of fused-ring (bicyclic) bond motifs is 1. The fraction of sp³-hybridized carbons (Fsp3) is 0.0400. The molecule has 1 amide bonds. The predicted octanol–water partition coefficient (Wildman–Crippen LogP) is 6.49. The second kappa shape index (κ2) is 9.65.